The average molecular weight is 316 g/mol. The highest BCUT2D eigenvalue weighted by Gasteiger charge is 2.06. The number of aromatic nitrogens is 1. The van der Waals surface area contributed by atoms with Crippen LogP contribution < -0.4 is 5.32 Å². The van der Waals surface area contributed by atoms with Crippen molar-refractivity contribution in [3.63, 3.8) is 0 Å². The molecule has 1 N–H and O–H groups in total. The Balaban J connectivity index is 2.06. The Morgan fingerprint density at radius 3 is 2.58 bits per heavy atom. The SMILES string of the molecule is N#CCc1ccc(NC(=O)c2ccc(Br)nc2)cc1. The minimum absolute atomic E-state index is 0.215. The van der Waals surface area contributed by atoms with E-state index >= 15 is 0 Å². The van der Waals surface area contributed by atoms with Crippen LogP contribution in [0.25, 0.3) is 0 Å². The van der Waals surface area contributed by atoms with Gasteiger partial charge in [0.25, 0.3) is 5.91 Å². The van der Waals surface area contributed by atoms with Gasteiger partial charge < -0.3 is 5.32 Å². The molecule has 0 atom stereocenters. The van der Waals surface area contributed by atoms with Crippen LogP contribution in [0.1, 0.15) is 15.9 Å². The first kappa shape index (κ1) is 13.2. The Bertz CT molecular complexity index is 615. The van der Waals surface area contributed by atoms with Gasteiger partial charge in [-0.2, -0.15) is 5.26 Å². The number of rotatable bonds is 3. The summed E-state index contributed by atoms with van der Waals surface area (Å²) in [5, 5.41) is 11.3. The van der Waals surface area contributed by atoms with Gasteiger partial charge in [-0.3, -0.25) is 4.79 Å². The first-order chi connectivity index (χ1) is 9.19. The minimum Gasteiger partial charge on any atom is -0.322 e. The lowest BCUT2D eigenvalue weighted by Crippen LogP contribution is -2.12. The van der Waals surface area contributed by atoms with Gasteiger partial charge in [0, 0.05) is 11.9 Å². The fourth-order valence-electron chi connectivity index (χ4n) is 1.51. The molecular formula is C14H10BrN3O. The summed E-state index contributed by atoms with van der Waals surface area (Å²) in [6, 6.07) is 12.7. The van der Waals surface area contributed by atoms with E-state index < -0.39 is 0 Å². The first-order valence-electron chi connectivity index (χ1n) is 5.58. The van der Waals surface area contributed by atoms with Gasteiger partial charge in [0.2, 0.25) is 0 Å². The molecule has 5 heteroatoms. The molecule has 4 nitrogen and oxygen atoms in total. The van der Waals surface area contributed by atoms with Gasteiger partial charge in [-0.1, -0.05) is 12.1 Å². The Kier molecular flexibility index (Phi) is 4.26. The molecule has 2 aromatic rings. The number of nitrogens with one attached hydrogen (secondary N) is 1. The highest BCUT2D eigenvalue weighted by Crippen LogP contribution is 2.12. The number of anilines is 1. The van der Waals surface area contributed by atoms with E-state index in [2.05, 4.69) is 32.3 Å². The summed E-state index contributed by atoms with van der Waals surface area (Å²) in [5.41, 5.74) is 2.10. The van der Waals surface area contributed by atoms with Crippen molar-refractivity contribution in [2.45, 2.75) is 6.42 Å². The molecule has 0 fully saturated rings. The van der Waals surface area contributed by atoms with Crippen molar-refractivity contribution in [2.24, 2.45) is 0 Å². The quantitative estimate of drug-likeness (QED) is 0.885. The van der Waals surface area contributed by atoms with E-state index in [9.17, 15) is 4.79 Å². The molecule has 0 bridgehead atoms. The topological polar surface area (TPSA) is 65.8 Å². The number of hydrogen-bond donors (Lipinski definition) is 1. The van der Waals surface area contributed by atoms with Crippen LogP contribution in [0, 0.1) is 11.3 Å². The van der Waals surface area contributed by atoms with Crippen molar-refractivity contribution in [3.8, 4) is 6.07 Å². The van der Waals surface area contributed by atoms with Gasteiger partial charge in [0.05, 0.1) is 18.1 Å². The van der Waals surface area contributed by atoms with Crippen molar-refractivity contribution in [1.29, 1.82) is 5.26 Å². The van der Waals surface area contributed by atoms with E-state index in [0.717, 1.165) is 5.56 Å². The van der Waals surface area contributed by atoms with Crippen LogP contribution in [-0.2, 0) is 6.42 Å². The van der Waals surface area contributed by atoms with E-state index in [1.807, 2.05) is 12.1 Å². The Morgan fingerprint density at radius 2 is 2.00 bits per heavy atom. The summed E-state index contributed by atoms with van der Waals surface area (Å²) in [6.45, 7) is 0. The van der Waals surface area contributed by atoms with Gasteiger partial charge in [-0.15, -0.1) is 0 Å². The Hall–Kier alpha value is -2.19. The van der Waals surface area contributed by atoms with E-state index in [4.69, 9.17) is 5.26 Å². The van der Waals surface area contributed by atoms with Gasteiger partial charge in [0.1, 0.15) is 4.60 Å². The van der Waals surface area contributed by atoms with E-state index in [1.165, 1.54) is 6.20 Å². The minimum atomic E-state index is -0.215. The maximum atomic E-state index is 11.9. The largest absolute Gasteiger partial charge is 0.322 e. The third-order valence-corrected chi connectivity index (χ3v) is 2.95. The molecule has 1 amide bonds. The third-order valence-electron chi connectivity index (χ3n) is 2.48. The van der Waals surface area contributed by atoms with Crippen LogP contribution in [0.3, 0.4) is 0 Å². The van der Waals surface area contributed by atoms with Crippen LogP contribution in [0.2, 0.25) is 0 Å². The number of halogens is 1. The molecule has 94 valence electrons. The van der Waals surface area contributed by atoms with Crippen molar-refractivity contribution in [3.05, 3.63) is 58.3 Å². The molecule has 0 radical (unpaired) electrons. The van der Waals surface area contributed by atoms with Crippen LogP contribution in [-0.4, -0.2) is 10.9 Å². The summed E-state index contributed by atoms with van der Waals surface area (Å²) in [7, 11) is 0. The zero-order valence-corrected chi connectivity index (χ0v) is 11.5. The summed E-state index contributed by atoms with van der Waals surface area (Å²) in [6.07, 6.45) is 1.87. The molecule has 0 aliphatic carbocycles. The fourth-order valence-corrected chi connectivity index (χ4v) is 1.75. The van der Waals surface area contributed by atoms with Gasteiger partial charge in [0.15, 0.2) is 0 Å². The maximum absolute atomic E-state index is 11.9. The monoisotopic (exact) mass is 315 g/mol. The number of nitrogens with zero attached hydrogens (tertiary/aromatic N) is 2. The summed E-state index contributed by atoms with van der Waals surface area (Å²) < 4.78 is 0.685. The van der Waals surface area contributed by atoms with Gasteiger partial charge in [-0.05, 0) is 45.8 Å². The van der Waals surface area contributed by atoms with Crippen LogP contribution >= 0.6 is 15.9 Å². The normalized spacial score (nSPS) is 9.68. The highest BCUT2D eigenvalue weighted by molar-refractivity contribution is 9.10. The van der Waals surface area contributed by atoms with E-state index in [1.54, 1.807) is 24.3 Å². The number of nitriles is 1. The van der Waals surface area contributed by atoms with Crippen LogP contribution in [0.5, 0.6) is 0 Å². The molecule has 0 saturated carbocycles. The first-order valence-corrected chi connectivity index (χ1v) is 6.37. The summed E-state index contributed by atoms with van der Waals surface area (Å²) in [5.74, 6) is -0.215. The van der Waals surface area contributed by atoms with Crippen LogP contribution in [0.4, 0.5) is 5.69 Å². The van der Waals surface area contributed by atoms with E-state index in [-0.39, 0.29) is 5.91 Å². The van der Waals surface area contributed by atoms with Crippen LogP contribution in [0.15, 0.2) is 47.2 Å². The molecular weight excluding hydrogens is 306 g/mol. The predicted octanol–water partition coefficient (Wildman–Crippen LogP) is 3.16. The zero-order chi connectivity index (χ0) is 13.7. The number of carbonyl (C=O) groups is 1. The molecule has 1 heterocycles. The average Bonchev–Trinajstić information content (AvgIpc) is 2.42. The third kappa shape index (κ3) is 3.63. The molecule has 0 spiro atoms. The lowest BCUT2D eigenvalue weighted by molar-refractivity contribution is 0.102. The summed E-state index contributed by atoms with van der Waals surface area (Å²) in [4.78, 5) is 15.9. The molecule has 19 heavy (non-hydrogen) atoms. The van der Waals surface area contributed by atoms with Crippen molar-refractivity contribution in [1.82, 2.24) is 4.98 Å². The lowest BCUT2D eigenvalue weighted by Gasteiger charge is -2.05. The Labute approximate surface area is 119 Å². The number of carbonyl (C=O) groups excluding carboxylic acids is 1. The van der Waals surface area contributed by atoms with Gasteiger partial charge in [-0.25, -0.2) is 4.98 Å². The zero-order valence-electron chi connectivity index (χ0n) is 9.93. The predicted molar refractivity (Wildman–Crippen MR) is 75.6 cm³/mol. The second-order valence-corrected chi connectivity index (χ2v) is 4.67. The standard InChI is InChI=1S/C14H10BrN3O/c15-13-6-3-11(9-17-13)14(19)18-12-4-1-10(2-5-12)7-8-16/h1-6,9H,7H2,(H,18,19). The molecule has 0 aliphatic rings. The second-order valence-electron chi connectivity index (χ2n) is 3.86. The highest BCUT2D eigenvalue weighted by atomic mass is 79.9. The number of hydrogen-bond acceptors (Lipinski definition) is 3. The number of amides is 1. The molecule has 0 unspecified atom stereocenters. The van der Waals surface area contributed by atoms with Crippen molar-refractivity contribution < 1.29 is 4.79 Å². The van der Waals surface area contributed by atoms with Gasteiger partial charge >= 0.3 is 0 Å². The second kappa shape index (κ2) is 6.12. The van der Waals surface area contributed by atoms with E-state index in [0.29, 0.717) is 22.3 Å². The lowest BCUT2D eigenvalue weighted by atomic mass is 10.1. The molecule has 1 aromatic carbocycles. The fraction of sp³-hybridized carbons (Fsp3) is 0.0714. The van der Waals surface area contributed by atoms with Crippen molar-refractivity contribution >= 4 is 27.5 Å². The molecule has 0 aliphatic heterocycles. The summed E-state index contributed by atoms with van der Waals surface area (Å²) >= 11 is 3.21. The maximum Gasteiger partial charge on any atom is 0.257 e. The number of benzene rings is 1. The molecule has 0 saturated heterocycles. The molecule has 2 rings (SSSR count). The Morgan fingerprint density at radius 1 is 1.26 bits per heavy atom. The molecule has 1 aromatic heterocycles. The van der Waals surface area contributed by atoms with Crippen molar-refractivity contribution in [2.75, 3.05) is 5.32 Å². The number of pyridine rings is 1. The smallest absolute Gasteiger partial charge is 0.257 e.